The van der Waals surface area contributed by atoms with E-state index in [0.717, 1.165) is 45.3 Å². The van der Waals surface area contributed by atoms with Crippen molar-refractivity contribution >= 4 is 5.97 Å². The minimum absolute atomic E-state index is 0.0702. The van der Waals surface area contributed by atoms with Crippen molar-refractivity contribution in [3.63, 3.8) is 0 Å². The van der Waals surface area contributed by atoms with Crippen molar-refractivity contribution in [3.05, 3.63) is 71.3 Å². The Labute approximate surface area is 182 Å². The molecule has 0 aromatic heterocycles. The van der Waals surface area contributed by atoms with E-state index < -0.39 is 5.60 Å². The number of carbonyl (C=O) groups is 1. The van der Waals surface area contributed by atoms with Gasteiger partial charge in [0.25, 0.3) is 0 Å². The Hall–Kier alpha value is -2.31. The number of aliphatic hydroxyl groups is 1. The predicted octanol–water partition coefficient (Wildman–Crippen LogP) is 4.65. The zero-order chi connectivity index (χ0) is 22.3. The van der Waals surface area contributed by atoms with E-state index >= 15 is 0 Å². The number of ether oxygens (including phenoxy) is 1. The lowest BCUT2D eigenvalue weighted by Gasteiger charge is -2.42. The summed E-state index contributed by atoms with van der Waals surface area (Å²) in [6, 6.07) is 11.8. The largest absolute Gasteiger partial charge is 0.466 e. The van der Waals surface area contributed by atoms with Crippen LogP contribution in [0, 0.1) is 17.6 Å². The van der Waals surface area contributed by atoms with Crippen LogP contribution in [-0.4, -0.2) is 42.2 Å². The van der Waals surface area contributed by atoms with Crippen molar-refractivity contribution in [2.24, 2.45) is 5.92 Å². The van der Waals surface area contributed by atoms with Crippen molar-refractivity contribution in [1.82, 2.24) is 4.90 Å². The highest BCUT2D eigenvalue weighted by Crippen LogP contribution is 2.42. The van der Waals surface area contributed by atoms with E-state index in [1.807, 2.05) is 0 Å². The van der Waals surface area contributed by atoms with E-state index in [9.17, 15) is 18.7 Å². The van der Waals surface area contributed by atoms with Crippen molar-refractivity contribution in [1.29, 1.82) is 0 Å². The van der Waals surface area contributed by atoms with Gasteiger partial charge in [0.05, 0.1) is 6.61 Å². The summed E-state index contributed by atoms with van der Waals surface area (Å²) in [5.41, 5.74) is -0.0704. The summed E-state index contributed by atoms with van der Waals surface area (Å²) in [6.07, 6.45) is 3.70. The first kappa shape index (κ1) is 23.4. The summed E-state index contributed by atoms with van der Waals surface area (Å²) in [6.45, 7) is 4.78. The lowest BCUT2D eigenvalue weighted by Crippen LogP contribution is -2.44. The fraction of sp³-hybridized carbons (Fsp3) is 0.480. The van der Waals surface area contributed by atoms with Crippen LogP contribution in [0.4, 0.5) is 8.78 Å². The van der Waals surface area contributed by atoms with E-state index in [1.165, 1.54) is 24.3 Å². The molecule has 2 aromatic carbocycles. The van der Waals surface area contributed by atoms with E-state index in [4.69, 9.17) is 4.74 Å². The first-order chi connectivity index (χ1) is 14.9. The summed E-state index contributed by atoms with van der Waals surface area (Å²) in [5.74, 6) is -0.935. The van der Waals surface area contributed by atoms with Gasteiger partial charge in [-0.25, -0.2) is 8.78 Å². The molecule has 1 heterocycles. The number of benzene rings is 2. The number of nitrogens with zero attached hydrogens (tertiary/aromatic N) is 1. The maximum Gasteiger partial charge on any atom is 0.305 e. The minimum Gasteiger partial charge on any atom is -0.466 e. The van der Waals surface area contributed by atoms with Crippen LogP contribution in [-0.2, 0) is 15.1 Å². The average Bonchev–Trinajstić information content (AvgIpc) is 2.78. The topological polar surface area (TPSA) is 49.8 Å². The third-order valence-electron chi connectivity index (χ3n) is 6.16. The number of hydrogen-bond donors (Lipinski definition) is 1. The number of rotatable bonds is 9. The number of carbonyl (C=O) groups excluding carboxylic acids is 1. The van der Waals surface area contributed by atoms with Gasteiger partial charge in [-0.05, 0) is 93.6 Å². The van der Waals surface area contributed by atoms with E-state index in [-0.39, 0.29) is 23.5 Å². The predicted molar refractivity (Wildman–Crippen MR) is 115 cm³/mol. The fourth-order valence-electron chi connectivity index (χ4n) is 4.46. The molecule has 0 radical (unpaired) electrons. The first-order valence-corrected chi connectivity index (χ1v) is 11.1. The minimum atomic E-state index is -1.31. The lowest BCUT2D eigenvalue weighted by atomic mass is 9.72. The molecule has 1 aliphatic rings. The molecule has 0 spiro atoms. The van der Waals surface area contributed by atoms with Crippen LogP contribution in [0.2, 0.25) is 0 Å². The molecular weight excluding hydrogens is 400 g/mol. The van der Waals surface area contributed by atoms with Crippen molar-refractivity contribution in [2.75, 3.05) is 26.2 Å². The van der Waals surface area contributed by atoms with E-state index in [2.05, 4.69) is 4.90 Å². The van der Waals surface area contributed by atoms with Crippen molar-refractivity contribution < 1.29 is 23.4 Å². The van der Waals surface area contributed by atoms with Gasteiger partial charge in [-0.15, -0.1) is 0 Å². The number of halogens is 2. The number of piperidine rings is 1. The van der Waals surface area contributed by atoms with Gasteiger partial charge < -0.3 is 14.7 Å². The third-order valence-corrected chi connectivity index (χ3v) is 6.16. The zero-order valence-electron chi connectivity index (χ0n) is 18.0. The zero-order valence-corrected chi connectivity index (χ0v) is 18.0. The molecule has 0 atom stereocenters. The van der Waals surface area contributed by atoms with Crippen molar-refractivity contribution in [3.8, 4) is 0 Å². The molecule has 6 heteroatoms. The Bertz CT molecular complexity index is 785. The fourth-order valence-corrected chi connectivity index (χ4v) is 4.46. The first-order valence-electron chi connectivity index (χ1n) is 11.1. The molecule has 168 valence electrons. The Morgan fingerprint density at radius 1 is 1.00 bits per heavy atom. The van der Waals surface area contributed by atoms with Gasteiger partial charge in [-0.2, -0.15) is 0 Å². The molecule has 4 nitrogen and oxygen atoms in total. The Balaban J connectivity index is 1.65. The quantitative estimate of drug-likeness (QED) is 0.464. The monoisotopic (exact) mass is 431 g/mol. The van der Waals surface area contributed by atoms with Gasteiger partial charge in [0.2, 0.25) is 0 Å². The van der Waals surface area contributed by atoms with Crippen LogP contribution in [0.25, 0.3) is 0 Å². The highest BCUT2D eigenvalue weighted by atomic mass is 19.1. The van der Waals surface area contributed by atoms with Crippen LogP contribution >= 0.6 is 0 Å². The number of unbranched alkanes of at least 4 members (excludes halogenated alkanes) is 1. The lowest BCUT2D eigenvalue weighted by molar-refractivity contribution is -0.143. The maximum atomic E-state index is 13.5. The van der Waals surface area contributed by atoms with Gasteiger partial charge in [0.1, 0.15) is 17.2 Å². The SMILES string of the molecule is CCOC(=O)CCCCN1CCC(C(O)(c2ccc(F)cc2)c2ccc(F)cc2)CC1. The molecule has 2 aromatic rings. The second kappa shape index (κ2) is 10.8. The molecular formula is C25H31F2NO3. The molecule has 3 rings (SSSR count). The standard InChI is InChI=1S/C25H31F2NO3/c1-2-31-24(29)5-3-4-16-28-17-14-21(15-18-28)25(30,19-6-10-22(26)11-7-19)20-8-12-23(27)13-9-20/h6-13,21,30H,2-5,14-18H2,1H3. The summed E-state index contributed by atoms with van der Waals surface area (Å²) in [7, 11) is 0. The average molecular weight is 432 g/mol. The summed E-state index contributed by atoms with van der Waals surface area (Å²) in [4.78, 5) is 13.8. The van der Waals surface area contributed by atoms with Gasteiger partial charge >= 0.3 is 5.97 Å². The molecule has 0 aliphatic carbocycles. The van der Waals surface area contributed by atoms with Crippen LogP contribution < -0.4 is 0 Å². The Morgan fingerprint density at radius 3 is 2.00 bits per heavy atom. The number of likely N-dealkylation sites (tertiary alicyclic amines) is 1. The van der Waals surface area contributed by atoms with Crippen molar-refractivity contribution in [2.45, 2.75) is 44.6 Å². The molecule has 0 saturated carbocycles. The van der Waals surface area contributed by atoms with E-state index in [1.54, 1.807) is 31.2 Å². The second-order valence-corrected chi connectivity index (χ2v) is 8.16. The van der Waals surface area contributed by atoms with Crippen LogP contribution in [0.3, 0.4) is 0 Å². The molecule has 0 unspecified atom stereocenters. The smallest absolute Gasteiger partial charge is 0.305 e. The van der Waals surface area contributed by atoms with E-state index in [0.29, 0.717) is 24.2 Å². The number of hydrogen-bond acceptors (Lipinski definition) is 4. The maximum absolute atomic E-state index is 13.5. The van der Waals surface area contributed by atoms with Crippen LogP contribution in [0.15, 0.2) is 48.5 Å². The van der Waals surface area contributed by atoms with Gasteiger partial charge in [-0.1, -0.05) is 24.3 Å². The van der Waals surface area contributed by atoms with Crippen LogP contribution in [0.1, 0.15) is 50.2 Å². The summed E-state index contributed by atoms with van der Waals surface area (Å²) < 4.78 is 32.0. The van der Waals surface area contributed by atoms with Crippen LogP contribution in [0.5, 0.6) is 0 Å². The molecule has 1 fully saturated rings. The molecule has 1 saturated heterocycles. The Morgan fingerprint density at radius 2 is 1.52 bits per heavy atom. The van der Waals surface area contributed by atoms with Gasteiger partial charge in [0, 0.05) is 6.42 Å². The van der Waals surface area contributed by atoms with Gasteiger partial charge in [0.15, 0.2) is 0 Å². The molecule has 1 N–H and O–H groups in total. The molecule has 1 aliphatic heterocycles. The normalized spacial score (nSPS) is 15.7. The van der Waals surface area contributed by atoms with Gasteiger partial charge in [-0.3, -0.25) is 4.79 Å². The summed E-state index contributed by atoms with van der Waals surface area (Å²) >= 11 is 0. The molecule has 0 amide bonds. The molecule has 0 bridgehead atoms. The summed E-state index contributed by atoms with van der Waals surface area (Å²) in [5, 5.41) is 11.9. The highest BCUT2D eigenvalue weighted by Gasteiger charge is 2.41. The second-order valence-electron chi connectivity index (χ2n) is 8.16. The molecule has 31 heavy (non-hydrogen) atoms. The number of esters is 1. The third kappa shape index (κ3) is 5.89. The Kier molecular flexibility index (Phi) is 8.15. The highest BCUT2D eigenvalue weighted by molar-refractivity contribution is 5.69.